The van der Waals surface area contributed by atoms with Crippen LogP contribution in [0, 0.1) is 0 Å². The number of hydrogen-bond donors (Lipinski definition) is 1. The first kappa shape index (κ1) is 12.0. The van der Waals surface area contributed by atoms with E-state index in [0.29, 0.717) is 5.69 Å². The van der Waals surface area contributed by atoms with Crippen LogP contribution in [0.1, 0.15) is 5.69 Å². The molecule has 4 nitrogen and oxygen atoms in total. The van der Waals surface area contributed by atoms with Crippen molar-refractivity contribution in [3.05, 3.63) is 60.4 Å². The molecule has 1 aromatic carbocycles. The Morgan fingerprint density at radius 2 is 1.82 bits per heavy atom. The van der Waals surface area contributed by atoms with E-state index in [4.69, 9.17) is 4.52 Å². The van der Waals surface area contributed by atoms with Crippen LogP contribution in [0.2, 0.25) is 0 Å². The van der Waals surface area contributed by atoms with Crippen LogP contribution in [-0.2, 0) is 15.7 Å². The van der Waals surface area contributed by atoms with Gasteiger partial charge in [-0.25, -0.2) is 0 Å². The molecule has 0 saturated carbocycles. The minimum Gasteiger partial charge on any atom is -0.321 e. The van der Waals surface area contributed by atoms with Gasteiger partial charge in [-0.1, -0.05) is 24.3 Å². The smallest absolute Gasteiger partial charge is 0.321 e. The van der Waals surface area contributed by atoms with Gasteiger partial charge in [0.25, 0.3) is 0 Å². The van der Waals surface area contributed by atoms with Gasteiger partial charge >= 0.3 is 7.60 Å². The van der Waals surface area contributed by atoms with E-state index in [1.165, 1.54) is 0 Å². The van der Waals surface area contributed by atoms with Crippen LogP contribution in [-0.4, -0.2) is 9.88 Å². The van der Waals surface area contributed by atoms with Gasteiger partial charge in [0, 0.05) is 6.20 Å². The maximum absolute atomic E-state index is 11.9. The fraction of sp³-hybridized carbons (Fsp3) is 0.0833. The van der Waals surface area contributed by atoms with Crippen LogP contribution in [0.5, 0.6) is 0 Å². The quantitative estimate of drug-likeness (QED) is 0.843. The van der Waals surface area contributed by atoms with Crippen molar-refractivity contribution in [1.82, 2.24) is 4.98 Å². The van der Waals surface area contributed by atoms with E-state index < -0.39 is 7.60 Å². The Morgan fingerprint density at radius 1 is 1.12 bits per heavy atom. The fourth-order valence-corrected chi connectivity index (χ4v) is 2.33. The van der Waals surface area contributed by atoms with E-state index in [2.05, 4.69) is 4.98 Å². The molecule has 0 aliphatic carbocycles. The van der Waals surface area contributed by atoms with E-state index in [-0.39, 0.29) is 11.9 Å². The maximum atomic E-state index is 11.9. The van der Waals surface area contributed by atoms with Crippen LogP contribution < -0.4 is 5.30 Å². The van der Waals surface area contributed by atoms with Crippen LogP contribution in [0.3, 0.4) is 0 Å². The Balaban J connectivity index is 2.06. The number of nitrogens with zero attached hydrogens (tertiary/aromatic N) is 1. The molecule has 1 aromatic heterocycles. The molecule has 1 heterocycles. The minimum atomic E-state index is -3.75. The molecule has 0 aliphatic rings. The summed E-state index contributed by atoms with van der Waals surface area (Å²) >= 11 is 0. The predicted octanol–water partition coefficient (Wildman–Crippen LogP) is 2.11. The monoisotopic (exact) mass is 249 g/mol. The van der Waals surface area contributed by atoms with E-state index >= 15 is 0 Å². The van der Waals surface area contributed by atoms with Crippen molar-refractivity contribution >= 4 is 12.9 Å². The van der Waals surface area contributed by atoms with Gasteiger partial charge in [0.2, 0.25) is 0 Å². The molecule has 2 rings (SSSR count). The van der Waals surface area contributed by atoms with Gasteiger partial charge in [-0.2, -0.15) is 0 Å². The molecule has 1 atom stereocenters. The molecule has 0 saturated heterocycles. The Hall–Kier alpha value is -1.48. The largest absolute Gasteiger partial charge is 0.359 e. The summed E-state index contributed by atoms with van der Waals surface area (Å²) in [6.45, 7) is 0.0174. The zero-order chi connectivity index (χ0) is 12.1. The van der Waals surface area contributed by atoms with E-state index in [1.807, 2.05) is 0 Å². The lowest BCUT2D eigenvalue weighted by atomic mass is 10.4. The maximum Gasteiger partial charge on any atom is 0.359 e. The van der Waals surface area contributed by atoms with Gasteiger partial charge in [-0.05, 0) is 24.3 Å². The number of benzene rings is 1. The second kappa shape index (κ2) is 5.23. The summed E-state index contributed by atoms with van der Waals surface area (Å²) in [6.07, 6.45) is 1.61. The van der Waals surface area contributed by atoms with Crippen molar-refractivity contribution in [2.24, 2.45) is 0 Å². The highest BCUT2D eigenvalue weighted by Crippen LogP contribution is 2.41. The first-order valence-electron chi connectivity index (χ1n) is 5.11. The molecular formula is C12H12NO3P. The minimum absolute atomic E-state index is 0.0174. The third kappa shape index (κ3) is 3.24. The fourth-order valence-electron chi connectivity index (χ4n) is 1.33. The second-order valence-corrected chi connectivity index (χ2v) is 5.27. The molecule has 17 heavy (non-hydrogen) atoms. The number of pyridine rings is 1. The van der Waals surface area contributed by atoms with Crippen molar-refractivity contribution in [1.29, 1.82) is 0 Å². The molecule has 0 radical (unpaired) electrons. The highest BCUT2D eigenvalue weighted by molar-refractivity contribution is 7.61. The number of hydrogen-bond acceptors (Lipinski definition) is 3. The summed E-state index contributed by atoms with van der Waals surface area (Å²) in [4.78, 5) is 13.8. The van der Waals surface area contributed by atoms with Gasteiger partial charge in [-0.3, -0.25) is 14.1 Å². The third-order valence-electron chi connectivity index (χ3n) is 2.20. The normalized spacial score (nSPS) is 14.2. The zero-order valence-corrected chi connectivity index (χ0v) is 9.96. The molecule has 1 unspecified atom stereocenters. The summed E-state index contributed by atoms with van der Waals surface area (Å²) in [5.41, 5.74) is 0.623. The lowest BCUT2D eigenvalue weighted by Gasteiger charge is -2.11. The van der Waals surface area contributed by atoms with Crippen molar-refractivity contribution in [3.63, 3.8) is 0 Å². The van der Waals surface area contributed by atoms with Crippen LogP contribution in [0.25, 0.3) is 0 Å². The zero-order valence-electron chi connectivity index (χ0n) is 9.06. The first-order chi connectivity index (χ1) is 8.18. The van der Waals surface area contributed by atoms with Crippen molar-refractivity contribution in [2.75, 3.05) is 0 Å². The average molecular weight is 249 g/mol. The summed E-state index contributed by atoms with van der Waals surface area (Å²) in [5, 5.41) is 0.288. The molecule has 1 N–H and O–H groups in total. The van der Waals surface area contributed by atoms with Gasteiger partial charge in [0.1, 0.15) is 0 Å². The summed E-state index contributed by atoms with van der Waals surface area (Å²) < 4.78 is 16.9. The van der Waals surface area contributed by atoms with E-state index in [9.17, 15) is 9.46 Å². The van der Waals surface area contributed by atoms with Crippen LogP contribution >= 0.6 is 7.60 Å². The van der Waals surface area contributed by atoms with Gasteiger partial charge in [-0.15, -0.1) is 0 Å². The van der Waals surface area contributed by atoms with Crippen LogP contribution in [0.15, 0.2) is 54.7 Å². The third-order valence-corrected chi connectivity index (χ3v) is 3.63. The Kier molecular flexibility index (Phi) is 3.69. The van der Waals surface area contributed by atoms with Crippen molar-refractivity contribution in [2.45, 2.75) is 6.61 Å². The molecule has 0 aliphatic heterocycles. The number of aromatic nitrogens is 1. The van der Waals surface area contributed by atoms with Crippen molar-refractivity contribution in [3.8, 4) is 0 Å². The SMILES string of the molecule is O=P(O)(OCc1ccccn1)c1ccccc1. The second-order valence-electron chi connectivity index (χ2n) is 3.45. The molecule has 0 bridgehead atoms. The molecule has 5 heteroatoms. The molecule has 0 amide bonds. The predicted molar refractivity (Wildman–Crippen MR) is 64.9 cm³/mol. The Labute approximate surface area is 99.4 Å². The van der Waals surface area contributed by atoms with E-state index in [1.54, 1.807) is 54.7 Å². The Morgan fingerprint density at radius 3 is 2.47 bits per heavy atom. The highest BCUT2D eigenvalue weighted by Gasteiger charge is 2.22. The molecule has 0 spiro atoms. The van der Waals surface area contributed by atoms with Gasteiger partial charge in [0.05, 0.1) is 17.6 Å². The lowest BCUT2D eigenvalue weighted by Crippen LogP contribution is -2.06. The first-order valence-corrected chi connectivity index (χ1v) is 6.69. The topological polar surface area (TPSA) is 59.4 Å². The van der Waals surface area contributed by atoms with Gasteiger partial charge in [0.15, 0.2) is 0 Å². The summed E-state index contributed by atoms with van der Waals surface area (Å²) in [6, 6.07) is 13.6. The van der Waals surface area contributed by atoms with Crippen LogP contribution in [0.4, 0.5) is 0 Å². The molecule has 88 valence electrons. The molecule has 0 fully saturated rings. The Bertz CT molecular complexity index is 516. The summed E-state index contributed by atoms with van der Waals surface area (Å²) in [7, 11) is -3.75. The highest BCUT2D eigenvalue weighted by atomic mass is 31.2. The standard InChI is InChI=1S/C12H12NO3P/c14-17(15,12-7-2-1-3-8-12)16-10-11-6-4-5-9-13-11/h1-9H,10H2,(H,14,15). The molecular weight excluding hydrogens is 237 g/mol. The average Bonchev–Trinajstić information content (AvgIpc) is 2.39. The van der Waals surface area contributed by atoms with Crippen molar-refractivity contribution < 1.29 is 14.0 Å². The lowest BCUT2D eigenvalue weighted by molar-refractivity contribution is 0.256. The summed E-state index contributed by atoms with van der Waals surface area (Å²) in [5.74, 6) is 0. The van der Waals surface area contributed by atoms with Gasteiger partial charge < -0.3 is 4.89 Å². The number of rotatable bonds is 4. The van der Waals surface area contributed by atoms with E-state index in [0.717, 1.165) is 0 Å². The molecule has 2 aromatic rings.